The first kappa shape index (κ1) is 10.3. The summed E-state index contributed by atoms with van der Waals surface area (Å²) in [5.41, 5.74) is 3.70. The number of para-hydroxylation sites is 2. The largest absolute Gasteiger partial charge is 0.472 e. The van der Waals surface area contributed by atoms with Crippen LogP contribution in [0.1, 0.15) is 12.5 Å². The molecule has 88 valence electrons. The normalized spacial score (nSPS) is 18.6. The van der Waals surface area contributed by atoms with E-state index in [-0.39, 0.29) is 0 Å². The van der Waals surface area contributed by atoms with Gasteiger partial charge < -0.3 is 14.6 Å². The molecule has 2 aromatic rings. The Bertz CT molecular complexity index is 493. The van der Waals surface area contributed by atoms with E-state index in [9.17, 15) is 0 Å². The highest BCUT2D eigenvalue weighted by Gasteiger charge is 2.22. The summed E-state index contributed by atoms with van der Waals surface area (Å²) in [5.74, 6) is 0. The molecule has 17 heavy (non-hydrogen) atoms. The molecule has 0 saturated carbocycles. The molecule has 3 nitrogen and oxygen atoms in total. The Hall–Kier alpha value is -1.90. The Balaban J connectivity index is 1.92. The molecule has 0 fully saturated rings. The molecule has 2 heterocycles. The molecule has 0 spiro atoms. The van der Waals surface area contributed by atoms with Crippen molar-refractivity contribution in [1.82, 2.24) is 0 Å². The molecule has 0 bridgehead atoms. The van der Waals surface area contributed by atoms with Crippen LogP contribution in [0.4, 0.5) is 11.4 Å². The lowest BCUT2D eigenvalue weighted by Crippen LogP contribution is -2.41. The molecular weight excluding hydrogens is 212 g/mol. The first-order valence-electron chi connectivity index (χ1n) is 5.95. The van der Waals surface area contributed by atoms with Gasteiger partial charge in [0.2, 0.25) is 0 Å². The molecule has 0 radical (unpaired) electrons. The summed E-state index contributed by atoms with van der Waals surface area (Å²) in [6, 6.07) is 11.0. The summed E-state index contributed by atoms with van der Waals surface area (Å²) in [6.07, 6.45) is 3.55. The maximum absolute atomic E-state index is 5.14. The molecule has 1 unspecified atom stereocenters. The number of furan rings is 1. The maximum atomic E-state index is 5.14. The van der Waals surface area contributed by atoms with Crippen molar-refractivity contribution in [3.05, 3.63) is 48.4 Å². The predicted molar refractivity (Wildman–Crippen MR) is 69.3 cm³/mol. The molecule has 1 aromatic carbocycles. The minimum Gasteiger partial charge on any atom is -0.472 e. The second kappa shape index (κ2) is 4.17. The van der Waals surface area contributed by atoms with Crippen LogP contribution >= 0.6 is 0 Å². The first-order chi connectivity index (χ1) is 8.34. The first-order valence-corrected chi connectivity index (χ1v) is 5.95. The van der Waals surface area contributed by atoms with Gasteiger partial charge in [-0.15, -0.1) is 0 Å². The summed E-state index contributed by atoms with van der Waals surface area (Å²) >= 11 is 0. The van der Waals surface area contributed by atoms with Gasteiger partial charge in [0, 0.05) is 24.7 Å². The summed E-state index contributed by atoms with van der Waals surface area (Å²) < 4.78 is 5.14. The number of benzene rings is 1. The van der Waals surface area contributed by atoms with Gasteiger partial charge in [-0.05, 0) is 25.1 Å². The molecule has 0 amide bonds. The smallest absolute Gasteiger partial charge is 0.0952 e. The molecule has 1 aliphatic heterocycles. The summed E-state index contributed by atoms with van der Waals surface area (Å²) in [4.78, 5) is 2.41. The van der Waals surface area contributed by atoms with E-state index in [0.29, 0.717) is 6.04 Å². The number of hydrogen-bond acceptors (Lipinski definition) is 3. The lowest BCUT2D eigenvalue weighted by molar-refractivity contribution is 0.560. The van der Waals surface area contributed by atoms with Gasteiger partial charge >= 0.3 is 0 Å². The second-order valence-electron chi connectivity index (χ2n) is 4.51. The van der Waals surface area contributed by atoms with Gasteiger partial charge in [-0.1, -0.05) is 12.1 Å². The van der Waals surface area contributed by atoms with E-state index >= 15 is 0 Å². The van der Waals surface area contributed by atoms with Crippen LogP contribution in [0, 0.1) is 0 Å². The van der Waals surface area contributed by atoms with E-state index in [4.69, 9.17) is 4.42 Å². The minimum absolute atomic E-state index is 0.486. The lowest BCUT2D eigenvalue weighted by atomic mass is 10.1. The number of hydrogen-bond donors (Lipinski definition) is 1. The molecule has 3 heteroatoms. The fraction of sp³-hybridized carbons (Fsp3) is 0.286. The second-order valence-corrected chi connectivity index (χ2v) is 4.51. The number of rotatable bonds is 2. The maximum Gasteiger partial charge on any atom is 0.0952 e. The topological polar surface area (TPSA) is 28.4 Å². The SMILES string of the molecule is CC1CNc2ccccc2N1Cc1ccoc1. The van der Waals surface area contributed by atoms with Gasteiger partial charge in [0.25, 0.3) is 0 Å². The van der Waals surface area contributed by atoms with Crippen molar-refractivity contribution in [2.24, 2.45) is 0 Å². The van der Waals surface area contributed by atoms with Crippen molar-refractivity contribution in [2.75, 3.05) is 16.8 Å². The average molecular weight is 228 g/mol. The van der Waals surface area contributed by atoms with E-state index in [2.05, 4.69) is 41.4 Å². The lowest BCUT2D eigenvalue weighted by Gasteiger charge is -2.37. The number of nitrogens with zero attached hydrogens (tertiary/aromatic N) is 1. The van der Waals surface area contributed by atoms with Gasteiger partial charge in [-0.3, -0.25) is 0 Å². The molecular formula is C14H16N2O. The summed E-state index contributed by atoms with van der Waals surface area (Å²) in [6.45, 7) is 4.12. The van der Waals surface area contributed by atoms with Crippen molar-refractivity contribution in [1.29, 1.82) is 0 Å². The number of fused-ring (bicyclic) bond motifs is 1. The van der Waals surface area contributed by atoms with Crippen molar-refractivity contribution in [3.63, 3.8) is 0 Å². The van der Waals surface area contributed by atoms with Gasteiger partial charge in [-0.2, -0.15) is 0 Å². The molecule has 1 aliphatic rings. The standard InChI is InChI=1S/C14H16N2O/c1-11-8-15-13-4-2-3-5-14(13)16(11)9-12-6-7-17-10-12/h2-7,10-11,15H,8-9H2,1H3. The highest BCUT2D eigenvalue weighted by atomic mass is 16.3. The van der Waals surface area contributed by atoms with E-state index in [0.717, 1.165) is 13.1 Å². The van der Waals surface area contributed by atoms with Gasteiger partial charge in [0.1, 0.15) is 0 Å². The van der Waals surface area contributed by atoms with Crippen LogP contribution in [0.15, 0.2) is 47.3 Å². The average Bonchev–Trinajstić information content (AvgIpc) is 2.86. The van der Waals surface area contributed by atoms with Crippen LogP contribution in [0.2, 0.25) is 0 Å². The van der Waals surface area contributed by atoms with E-state index < -0.39 is 0 Å². The fourth-order valence-corrected chi connectivity index (χ4v) is 2.30. The molecule has 0 aliphatic carbocycles. The Morgan fingerprint density at radius 2 is 2.24 bits per heavy atom. The third-order valence-corrected chi connectivity index (χ3v) is 3.27. The zero-order chi connectivity index (χ0) is 11.7. The Labute approximate surface area is 101 Å². The van der Waals surface area contributed by atoms with Crippen LogP contribution in [0.5, 0.6) is 0 Å². The monoisotopic (exact) mass is 228 g/mol. The zero-order valence-corrected chi connectivity index (χ0v) is 9.89. The Morgan fingerprint density at radius 3 is 3.06 bits per heavy atom. The number of anilines is 2. The fourth-order valence-electron chi connectivity index (χ4n) is 2.30. The van der Waals surface area contributed by atoms with E-state index in [1.54, 1.807) is 6.26 Å². The van der Waals surface area contributed by atoms with Gasteiger partial charge in [0.05, 0.1) is 23.9 Å². The quantitative estimate of drug-likeness (QED) is 0.856. The molecule has 3 rings (SSSR count). The van der Waals surface area contributed by atoms with Gasteiger partial charge in [-0.25, -0.2) is 0 Å². The van der Waals surface area contributed by atoms with Crippen LogP contribution in [-0.2, 0) is 6.54 Å². The van der Waals surface area contributed by atoms with E-state index in [1.807, 2.05) is 12.3 Å². The van der Waals surface area contributed by atoms with Crippen molar-refractivity contribution < 1.29 is 4.42 Å². The zero-order valence-electron chi connectivity index (χ0n) is 9.89. The van der Waals surface area contributed by atoms with Gasteiger partial charge in [0.15, 0.2) is 0 Å². The van der Waals surface area contributed by atoms with Crippen LogP contribution in [0.3, 0.4) is 0 Å². The molecule has 1 atom stereocenters. The minimum atomic E-state index is 0.486. The van der Waals surface area contributed by atoms with Crippen molar-refractivity contribution >= 4 is 11.4 Å². The van der Waals surface area contributed by atoms with Crippen molar-refractivity contribution in [3.8, 4) is 0 Å². The van der Waals surface area contributed by atoms with Crippen molar-refractivity contribution in [2.45, 2.75) is 19.5 Å². The van der Waals surface area contributed by atoms with Crippen LogP contribution in [-0.4, -0.2) is 12.6 Å². The summed E-state index contributed by atoms with van der Waals surface area (Å²) in [7, 11) is 0. The summed E-state index contributed by atoms with van der Waals surface area (Å²) in [5, 5.41) is 3.46. The molecule has 1 N–H and O–H groups in total. The Kier molecular flexibility index (Phi) is 2.52. The molecule has 0 saturated heterocycles. The van der Waals surface area contributed by atoms with Crippen LogP contribution < -0.4 is 10.2 Å². The highest BCUT2D eigenvalue weighted by molar-refractivity contribution is 5.72. The highest BCUT2D eigenvalue weighted by Crippen LogP contribution is 2.32. The number of nitrogens with one attached hydrogen (secondary N) is 1. The van der Waals surface area contributed by atoms with Crippen LogP contribution in [0.25, 0.3) is 0 Å². The van der Waals surface area contributed by atoms with E-state index in [1.165, 1.54) is 16.9 Å². The third-order valence-electron chi connectivity index (χ3n) is 3.27. The predicted octanol–water partition coefficient (Wildman–Crippen LogP) is 3.10. The Morgan fingerprint density at radius 1 is 1.35 bits per heavy atom. The molecule has 1 aromatic heterocycles. The third kappa shape index (κ3) is 1.88.